The first-order chi connectivity index (χ1) is 22.9. The SMILES string of the molecule is O=C(O)C(c1nn(Cc2ccc(Br)cc2F)c(=O)c2ccccc12)C(C(=O)O)c1nn(Cc2ccc(I)cc2F)c(=O)c2ccccc12. The van der Waals surface area contributed by atoms with Gasteiger partial charge < -0.3 is 10.2 Å². The van der Waals surface area contributed by atoms with Crippen LogP contribution in [0.2, 0.25) is 0 Å². The summed E-state index contributed by atoms with van der Waals surface area (Å²) in [6.07, 6.45) is 0. The number of carbonyl (C=O) groups is 2. The quantitative estimate of drug-likeness (QED) is 0.172. The molecule has 2 N–H and O–H groups in total. The molecule has 0 aliphatic heterocycles. The largest absolute Gasteiger partial charge is 0.481 e. The fraction of sp³-hybridized carbons (Fsp3) is 0.118. The number of rotatable bonds is 9. The van der Waals surface area contributed by atoms with E-state index in [2.05, 4.69) is 26.1 Å². The zero-order chi connectivity index (χ0) is 34.3. The molecule has 0 fully saturated rings. The maximum absolute atomic E-state index is 14.9. The van der Waals surface area contributed by atoms with Gasteiger partial charge in [-0.25, -0.2) is 18.1 Å². The first kappa shape index (κ1) is 33.1. The molecule has 0 radical (unpaired) electrons. The van der Waals surface area contributed by atoms with Crippen molar-refractivity contribution in [2.24, 2.45) is 0 Å². The molecule has 0 aliphatic carbocycles. The van der Waals surface area contributed by atoms with E-state index in [-0.39, 0.29) is 57.1 Å². The van der Waals surface area contributed by atoms with Gasteiger partial charge in [0.15, 0.2) is 0 Å². The van der Waals surface area contributed by atoms with Gasteiger partial charge in [-0.15, -0.1) is 0 Å². The Morgan fingerprint density at radius 1 is 0.688 bits per heavy atom. The van der Waals surface area contributed by atoms with E-state index < -0.39 is 46.5 Å². The standard InChI is InChI=1S/C34H22BrF2IN4O6/c35-19-11-9-17(25(36)13-19)15-41-31(43)23-7-3-1-5-21(23)29(39-41)27(33(45)46)28(34(47)48)30-22-6-2-4-8-24(22)32(44)42(40-30)16-18-10-12-20(38)14-26(18)37/h1-14,27-28H,15-16H2,(H,45,46)(H,47,48). The molecule has 2 unspecified atom stereocenters. The molecule has 242 valence electrons. The number of benzene rings is 4. The van der Waals surface area contributed by atoms with Gasteiger partial charge in [-0.05, 0) is 59.0 Å². The third-order valence-electron chi connectivity index (χ3n) is 7.92. The highest BCUT2D eigenvalue weighted by atomic mass is 127. The Hall–Kier alpha value is -4.83. The van der Waals surface area contributed by atoms with Crippen LogP contribution in [0, 0.1) is 15.2 Å². The Labute approximate surface area is 291 Å². The van der Waals surface area contributed by atoms with E-state index in [9.17, 15) is 38.2 Å². The highest BCUT2D eigenvalue weighted by Gasteiger charge is 2.42. The summed E-state index contributed by atoms with van der Waals surface area (Å²) in [7, 11) is 0. The highest BCUT2D eigenvalue weighted by molar-refractivity contribution is 14.1. The van der Waals surface area contributed by atoms with E-state index in [4.69, 9.17) is 0 Å². The van der Waals surface area contributed by atoms with Crippen LogP contribution in [0.5, 0.6) is 0 Å². The summed E-state index contributed by atoms with van der Waals surface area (Å²) in [5.74, 6) is -8.37. The molecule has 2 atom stereocenters. The Kier molecular flexibility index (Phi) is 9.20. The van der Waals surface area contributed by atoms with E-state index in [1.54, 1.807) is 36.4 Å². The van der Waals surface area contributed by atoms with Gasteiger partial charge in [0.25, 0.3) is 11.1 Å². The molecule has 48 heavy (non-hydrogen) atoms. The average molecular weight is 827 g/mol. The molecule has 14 heteroatoms. The third-order valence-corrected chi connectivity index (χ3v) is 9.08. The minimum Gasteiger partial charge on any atom is -0.481 e. The van der Waals surface area contributed by atoms with Crippen molar-refractivity contribution in [1.82, 2.24) is 19.6 Å². The third kappa shape index (κ3) is 6.24. The predicted molar refractivity (Wildman–Crippen MR) is 184 cm³/mol. The normalized spacial score (nSPS) is 12.7. The number of carboxylic acid groups (broad SMARTS) is 2. The van der Waals surface area contributed by atoms with Crippen molar-refractivity contribution in [3.63, 3.8) is 0 Å². The Bertz CT molecular complexity index is 2230. The number of hydrogen-bond donors (Lipinski definition) is 2. The van der Waals surface area contributed by atoms with Crippen LogP contribution in [0.3, 0.4) is 0 Å². The highest BCUT2D eigenvalue weighted by Crippen LogP contribution is 2.37. The summed E-state index contributed by atoms with van der Waals surface area (Å²) in [4.78, 5) is 53.4. The minimum atomic E-state index is -1.95. The molecular formula is C34H22BrF2IN4O6. The van der Waals surface area contributed by atoms with E-state index in [0.717, 1.165) is 9.36 Å². The van der Waals surface area contributed by atoms with Crippen molar-refractivity contribution in [1.29, 1.82) is 0 Å². The van der Waals surface area contributed by atoms with Crippen molar-refractivity contribution in [2.45, 2.75) is 24.9 Å². The van der Waals surface area contributed by atoms with Crippen LogP contribution in [0.1, 0.15) is 34.4 Å². The molecule has 6 rings (SSSR count). The van der Waals surface area contributed by atoms with Crippen molar-refractivity contribution >= 4 is 72.0 Å². The zero-order valence-electron chi connectivity index (χ0n) is 24.5. The Balaban J connectivity index is 1.59. The van der Waals surface area contributed by atoms with Gasteiger partial charge in [-0.2, -0.15) is 10.2 Å². The topological polar surface area (TPSA) is 144 Å². The molecule has 0 spiro atoms. The van der Waals surface area contributed by atoms with Gasteiger partial charge in [0.1, 0.15) is 23.5 Å². The summed E-state index contributed by atoms with van der Waals surface area (Å²) < 4.78 is 32.6. The number of aliphatic carboxylic acids is 2. The minimum absolute atomic E-state index is 0.0346. The van der Waals surface area contributed by atoms with E-state index >= 15 is 0 Å². The maximum atomic E-state index is 14.9. The Morgan fingerprint density at radius 2 is 1.10 bits per heavy atom. The van der Waals surface area contributed by atoms with Crippen LogP contribution in [0.4, 0.5) is 8.78 Å². The molecule has 0 saturated carbocycles. The van der Waals surface area contributed by atoms with Gasteiger partial charge in [0.05, 0.1) is 35.2 Å². The summed E-state index contributed by atoms with van der Waals surface area (Å²) in [6, 6.07) is 20.6. The van der Waals surface area contributed by atoms with E-state index in [1.807, 2.05) is 22.6 Å². The van der Waals surface area contributed by atoms with Crippen molar-refractivity contribution in [2.75, 3.05) is 0 Å². The molecule has 2 aromatic heterocycles. The summed E-state index contributed by atoms with van der Waals surface area (Å²) in [6.45, 7) is -0.748. The molecule has 6 aromatic rings. The summed E-state index contributed by atoms with van der Waals surface area (Å²) in [5, 5.41) is 30.3. The monoisotopic (exact) mass is 826 g/mol. The number of nitrogens with zero attached hydrogens (tertiary/aromatic N) is 4. The smallest absolute Gasteiger partial charge is 0.313 e. The lowest BCUT2D eigenvalue weighted by molar-refractivity contribution is -0.147. The fourth-order valence-electron chi connectivity index (χ4n) is 5.65. The number of carboxylic acids is 2. The van der Waals surface area contributed by atoms with Gasteiger partial charge >= 0.3 is 11.9 Å². The molecule has 4 aromatic carbocycles. The number of halogens is 4. The second-order valence-electron chi connectivity index (χ2n) is 10.9. The molecule has 10 nitrogen and oxygen atoms in total. The van der Waals surface area contributed by atoms with Gasteiger partial charge in [0, 0.05) is 29.9 Å². The van der Waals surface area contributed by atoms with Crippen LogP contribution >= 0.6 is 38.5 Å². The fourth-order valence-corrected chi connectivity index (χ4v) is 6.44. The van der Waals surface area contributed by atoms with E-state index in [1.165, 1.54) is 48.5 Å². The molecular weight excluding hydrogens is 805 g/mol. The second kappa shape index (κ2) is 13.4. The number of aromatic nitrogens is 4. The average Bonchev–Trinajstić information content (AvgIpc) is 3.05. The van der Waals surface area contributed by atoms with Crippen molar-refractivity contribution in [3.05, 3.63) is 148 Å². The maximum Gasteiger partial charge on any atom is 0.313 e. The lowest BCUT2D eigenvalue weighted by atomic mass is 9.83. The van der Waals surface area contributed by atoms with E-state index in [0.29, 0.717) is 8.04 Å². The van der Waals surface area contributed by atoms with Crippen LogP contribution in [-0.2, 0) is 22.7 Å². The van der Waals surface area contributed by atoms with Gasteiger partial charge in [-0.1, -0.05) is 64.5 Å². The second-order valence-corrected chi connectivity index (χ2v) is 13.1. The molecule has 2 heterocycles. The number of fused-ring (bicyclic) bond motifs is 2. The van der Waals surface area contributed by atoms with Gasteiger partial charge in [-0.3, -0.25) is 19.2 Å². The molecule has 0 amide bonds. The van der Waals surface area contributed by atoms with Crippen molar-refractivity contribution in [3.8, 4) is 0 Å². The molecule has 0 aliphatic rings. The van der Waals surface area contributed by atoms with Crippen LogP contribution in [-0.4, -0.2) is 41.7 Å². The first-order valence-electron chi connectivity index (χ1n) is 14.3. The van der Waals surface area contributed by atoms with Crippen LogP contribution in [0.25, 0.3) is 21.5 Å². The molecule has 0 saturated heterocycles. The zero-order valence-corrected chi connectivity index (χ0v) is 28.2. The van der Waals surface area contributed by atoms with Crippen LogP contribution in [0.15, 0.2) is 99.0 Å². The summed E-state index contributed by atoms with van der Waals surface area (Å²) in [5.41, 5.74) is -1.67. The first-order valence-corrected chi connectivity index (χ1v) is 16.1. The van der Waals surface area contributed by atoms with Gasteiger partial charge in [0.2, 0.25) is 0 Å². The lowest BCUT2D eigenvalue weighted by Crippen LogP contribution is -2.34. The summed E-state index contributed by atoms with van der Waals surface area (Å²) >= 11 is 5.12. The molecule has 0 bridgehead atoms. The Morgan fingerprint density at radius 3 is 1.52 bits per heavy atom. The van der Waals surface area contributed by atoms with Crippen LogP contribution < -0.4 is 11.1 Å². The van der Waals surface area contributed by atoms with Crippen molar-refractivity contribution < 1.29 is 28.6 Å². The predicted octanol–water partition coefficient (Wildman–Crippen LogP) is 5.88. The lowest BCUT2D eigenvalue weighted by Gasteiger charge is -2.23. The number of hydrogen-bond acceptors (Lipinski definition) is 6.